The number of hydrogen-bond acceptors (Lipinski definition) is 3. The van der Waals surface area contributed by atoms with Crippen LogP contribution in [0.25, 0.3) is 0 Å². The summed E-state index contributed by atoms with van der Waals surface area (Å²) >= 11 is 5.19. The average molecular weight is 298 g/mol. The maximum atomic E-state index is 5.84. The third-order valence-electron chi connectivity index (χ3n) is 2.35. The van der Waals surface area contributed by atoms with Crippen LogP contribution in [0.4, 0.5) is 5.69 Å². The van der Waals surface area contributed by atoms with E-state index in [9.17, 15) is 0 Å². The Morgan fingerprint density at radius 1 is 1.25 bits per heavy atom. The smallest absolute Gasteiger partial charge is 0.114 e. The molecule has 0 aliphatic heterocycles. The summed E-state index contributed by atoms with van der Waals surface area (Å²) < 4.78 is 6.28. The van der Waals surface area contributed by atoms with Crippen molar-refractivity contribution < 1.29 is 4.42 Å². The van der Waals surface area contributed by atoms with Gasteiger partial charge >= 0.3 is 0 Å². The molecular formula is C12H12BrNOS. The molecule has 0 fully saturated rings. The van der Waals surface area contributed by atoms with Gasteiger partial charge in [-0.2, -0.15) is 0 Å². The van der Waals surface area contributed by atoms with Gasteiger partial charge in [0, 0.05) is 15.1 Å². The molecule has 16 heavy (non-hydrogen) atoms. The molecule has 2 nitrogen and oxygen atoms in total. The van der Waals surface area contributed by atoms with Crippen molar-refractivity contribution in [3.63, 3.8) is 0 Å². The van der Waals surface area contributed by atoms with Crippen molar-refractivity contribution >= 4 is 33.4 Å². The van der Waals surface area contributed by atoms with Gasteiger partial charge in [0.1, 0.15) is 5.76 Å². The average Bonchev–Trinajstić information content (AvgIpc) is 2.61. The number of nitrogen functional groups attached to an aromatic ring is 1. The molecule has 1 heterocycles. The molecule has 1 aromatic heterocycles. The zero-order valence-electron chi connectivity index (χ0n) is 9.08. The van der Waals surface area contributed by atoms with Crippen LogP contribution in [0.1, 0.15) is 11.3 Å². The normalized spacial score (nSPS) is 10.7. The summed E-state index contributed by atoms with van der Waals surface area (Å²) in [4.78, 5) is 2.28. The molecule has 0 saturated carbocycles. The predicted molar refractivity (Wildman–Crippen MR) is 70.9 cm³/mol. The first-order valence-corrected chi connectivity index (χ1v) is 6.46. The molecule has 4 heteroatoms. The van der Waals surface area contributed by atoms with E-state index in [1.165, 1.54) is 0 Å². The summed E-state index contributed by atoms with van der Waals surface area (Å²) in [6, 6.07) is 5.99. The minimum atomic E-state index is 0.806. The van der Waals surface area contributed by atoms with E-state index in [1.54, 1.807) is 18.0 Å². The van der Waals surface area contributed by atoms with Gasteiger partial charge in [-0.15, -0.1) is 0 Å². The third-order valence-corrected chi connectivity index (χ3v) is 4.47. The van der Waals surface area contributed by atoms with E-state index in [1.807, 2.05) is 26.0 Å². The second-order valence-electron chi connectivity index (χ2n) is 3.58. The summed E-state index contributed by atoms with van der Waals surface area (Å²) in [6.07, 6.45) is 1.70. The molecule has 1 aromatic carbocycles. The molecule has 0 unspecified atom stereocenters. The number of benzene rings is 1. The van der Waals surface area contributed by atoms with Crippen LogP contribution in [0.2, 0.25) is 0 Å². The van der Waals surface area contributed by atoms with Crippen molar-refractivity contribution in [2.24, 2.45) is 0 Å². The van der Waals surface area contributed by atoms with Crippen LogP contribution in [-0.4, -0.2) is 0 Å². The van der Waals surface area contributed by atoms with E-state index in [4.69, 9.17) is 10.2 Å². The topological polar surface area (TPSA) is 39.2 Å². The molecular weight excluding hydrogens is 286 g/mol. The lowest BCUT2D eigenvalue weighted by Gasteiger charge is -2.07. The number of halogens is 1. The van der Waals surface area contributed by atoms with Gasteiger partial charge in [-0.05, 0) is 53.5 Å². The van der Waals surface area contributed by atoms with E-state index < -0.39 is 0 Å². The van der Waals surface area contributed by atoms with Crippen LogP contribution < -0.4 is 5.73 Å². The fourth-order valence-corrected chi connectivity index (χ4v) is 2.89. The Bertz CT molecular complexity index is 522. The first-order chi connectivity index (χ1) is 7.58. The first kappa shape index (κ1) is 11.6. The van der Waals surface area contributed by atoms with Crippen molar-refractivity contribution in [1.82, 2.24) is 0 Å². The van der Waals surface area contributed by atoms with Crippen LogP contribution in [0.15, 0.2) is 43.1 Å². The summed E-state index contributed by atoms with van der Waals surface area (Å²) in [7, 11) is 0. The number of hydrogen-bond donors (Lipinski definition) is 1. The van der Waals surface area contributed by atoms with Crippen molar-refractivity contribution in [3.8, 4) is 0 Å². The lowest BCUT2D eigenvalue weighted by Crippen LogP contribution is -1.90. The Kier molecular flexibility index (Phi) is 3.30. The Hall–Kier alpha value is -0.870. The van der Waals surface area contributed by atoms with Gasteiger partial charge in [0.2, 0.25) is 0 Å². The molecule has 0 atom stereocenters. The van der Waals surface area contributed by atoms with Crippen molar-refractivity contribution in [2.45, 2.75) is 23.6 Å². The van der Waals surface area contributed by atoms with E-state index in [0.717, 1.165) is 31.3 Å². The number of aryl methyl sites for hydroxylation is 2. The highest BCUT2D eigenvalue weighted by Crippen LogP contribution is 2.37. The lowest BCUT2D eigenvalue weighted by molar-refractivity contribution is 0.527. The Morgan fingerprint density at radius 3 is 2.62 bits per heavy atom. The van der Waals surface area contributed by atoms with Gasteiger partial charge in [-0.1, -0.05) is 11.8 Å². The summed E-state index contributed by atoms with van der Waals surface area (Å²) in [5, 5.41) is 0. The monoisotopic (exact) mass is 297 g/mol. The molecule has 0 radical (unpaired) electrons. The van der Waals surface area contributed by atoms with Crippen LogP contribution in [0.3, 0.4) is 0 Å². The fraction of sp³-hybridized carbons (Fsp3) is 0.167. The van der Waals surface area contributed by atoms with Crippen LogP contribution in [-0.2, 0) is 0 Å². The molecule has 0 spiro atoms. The van der Waals surface area contributed by atoms with Gasteiger partial charge in [-0.25, -0.2) is 0 Å². The van der Waals surface area contributed by atoms with Gasteiger partial charge in [0.05, 0.1) is 11.2 Å². The fourth-order valence-electron chi connectivity index (χ4n) is 1.35. The molecule has 84 valence electrons. The largest absolute Gasteiger partial charge is 0.468 e. The van der Waals surface area contributed by atoms with E-state index in [-0.39, 0.29) is 0 Å². The molecule has 0 bridgehead atoms. The molecule has 0 amide bonds. The Balaban J connectivity index is 2.35. The van der Waals surface area contributed by atoms with Crippen LogP contribution >= 0.6 is 27.7 Å². The van der Waals surface area contributed by atoms with Gasteiger partial charge < -0.3 is 10.2 Å². The van der Waals surface area contributed by atoms with Gasteiger partial charge in [0.25, 0.3) is 0 Å². The van der Waals surface area contributed by atoms with Crippen LogP contribution in [0, 0.1) is 13.8 Å². The van der Waals surface area contributed by atoms with E-state index in [0.29, 0.717) is 0 Å². The molecule has 0 aliphatic carbocycles. The quantitative estimate of drug-likeness (QED) is 0.836. The molecule has 0 aliphatic rings. The maximum absolute atomic E-state index is 5.84. The summed E-state index contributed by atoms with van der Waals surface area (Å²) in [5.41, 5.74) is 7.73. The SMILES string of the molecule is Cc1cc(Sc2ccoc2C)c(Br)cc1N. The molecule has 2 rings (SSSR count). The maximum Gasteiger partial charge on any atom is 0.114 e. The van der Waals surface area contributed by atoms with Gasteiger partial charge in [-0.3, -0.25) is 0 Å². The Morgan fingerprint density at radius 2 is 2.00 bits per heavy atom. The Labute approximate surface area is 107 Å². The zero-order chi connectivity index (χ0) is 11.7. The highest BCUT2D eigenvalue weighted by atomic mass is 79.9. The first-order valence-electron chi connectivity index (χ1n) is 4.85. The minimum Gasteiger partial charge on any atom is -0.468 e. The lowest BCUT2D eigenvalue weighted by atomic mass is 10.2. The van der Waals surface area contributed by atoms with Crippen molar-refractivity contribution in [2.75, 3.05) is 5.73 Å². The van der Waals surface area contributed by atoms with Crippen molar-refractivity contribution in [1.29, 1.82) is 0 Å². The van der Waals surface area contributed by atoms with Crippen LogP contribution in [0.5, 0.6) is 0 Å². The minimum absolute atomic E-state index is 0.806. The highest BCUT2D eigenvalue weighted by molar-refractivity contribution is 9.10. The van der Waals surface area contributed by atoms with Gasteiger partial charge in [0.15, 0.2) is 0 Å². The van der Waals surface area contributed by atoms with E-state index >= 15 is 0 Å². The molecule has 2 aromatic rings. The van der Waals surface area contributed by atoms with E-state index in [2.05, 4.69) is 22.0 Å². The highest BCUT2D eigenvalue weighted by Gasteiger charge is 2.08. The number of nitrogens with two attached hydrogens (primary N) is 1. The third kappa shape index (κ3) is 2.28. The number of furan rings is 1. The zero-order valence-corrected chi connectivity index (χ0v) is 11.5. The standard InChI is InChI=1S/C12H12BrNOS/c1-7-5-12(9(13)6-10(7)14)16-11-3-4-15-8(11)2/h3-6H,14H2,1-2H3. The molecule has 2 N–H and O–H groups in total. The number of rotatable bonds is 2. The predicted octanol–water partition coefficient (Wildman–Crippen LogP) is 4.39. The number of anilines is 1. The van der Waals surface area contributed by atoms with Crippen molar-refractivity contribution in [3.05, 3.63) is 40.3 Å². The molecule has 0 saturated heterocycles. The summed E-state index contributed by atoms with van der Waals surface area (Å²) in [6.45, 7) is 3.97. The second-order valence-corrected chi connectivity index (χ2v) is 5.52. The second kappa shape index (κ2) is 4.55. The summed E-state index contributed by atoms with van der Waals surface area (Å²) in [5.74, 6) is 0.936.